The summed E-state index contributed by atoms with van der Waals surface area (Å²) in [7, 11) is -3.77. The van der Waals surface area contributed by atoms with Gasteiger partial charge in [-0.15, -0.1) is 0 Å². The Morgan fingerprint density at radius 3 is 2.19 bits per heavy atom. The lowest BCUT2D eigenvalue weighted by molar-refractivity contribution is 0.0955. The highest BCUT2D eigenvalue weighted by molar-refractivity contribution is 7.92. The number of hydrazone groups is 1. The van der Waals surface area contributed by atoms with Gasteiger partial charge in [0.25, 0.3) is 15.9 Å². The van der Waals surface area contributed by atoms with Gasteiger partial charge in [-0.05, 0) is 90.8 Å². The molecule has 0 saturated heterocycles. The van der Waals surface area contributed by atoms with Crippen molar-refractivity contribution < 1.29 is 17.9 Å². The predicted octanol–water partition coefficient (Wildman–Crippen LogP) is 5.79. The van der Waals surface area contributed by atoms with Crippen LogP contribution in [0.25, 0.3) is 0 Å². The molecule has 7 nitrogen and oxygen atoms in total. The van der Waals surface area contributed by atoms with Gasteiger partial charge in [-0.25, -0.2) is 13.8 Å². The maximum Gasteiger partial charge on any atom is 0.271 e. The lowest BCUT2D eigenvalue weighted by atomic mass is 10.2. The normalized spacial score (nSPS) is 11.3. The number of amides is 1. The summed E-state index contributed by atoms with van der Waals surface area (Å²) in [5, 5.41) is 4.43. The van der Waals surface area contributed by atoms with Crippen LogP contribution in [-0.4, -0.2) is 20.5 Å². The van der Waals surface area contributed by atoms with Crippen LogP contribution >= 0.6 is 11.6 Å². The summed E-state index contributed by atoms with van der Waals surface area (Å²) in [4.78, 5) is 12.5. The number of carbonyl (C=O) groups excluding carboxylic acids is 1. The van der Waals surface area contributed by atoms with E-state index in [9.17, 15) is 13.2 Å². The van der Waals surface area contributed by atoms with Crippen LogP contribution in [0.2, 0.25) is 5.02 Å². The highest BCUT2D eigenvalue weighted by atomic mass is 35.5. The van der Waals surface area contributed by atoms with Crippen LogP contribution in [-0.2, 0) is 16.6 Å². The van der Waals surface area contributed by atoms with Gasteiger partial charge < -0.3 is 4.74 Å². The summed E-state index contributed by atoms with van der Waals surface area (Å²) in [6.45, 7) is 2.52. The van der Waals surface area contributed by atoms with Crippen LogP contribution in [0.5, 0.6) is 5.75 Å². The number of hydrogen-bond acceptors (Lipinski definition) is 5. The Morgan fingerprint density at radius 1 is 0.892 bits per heavy atom. The molecule has 0 aliphatic rings. The van der Waals surface area contributed by atoms with Crippen molar-refractivity contribution in [2.24, 2.45) is 5.10 Å². The van der Waals surface area contributed by atoms with Crippen molar-refractivity contribution >= 4 is 39.4 Å². The van der Waals surface area contributed by atoms with Gasteiger partial charge in [0.2, 0.25) is 0 Å². The standard InChI is InChI=1S/C28H24ClN3O4S/c1-20-2-4-22(5-3-20)19-36-26-14-6-21(7-15-26)18-30-31-28(33)23-8-12-25(13-9-23)32-37(34,35)27-16-10-24(29)11-17-27/h2-18,32H,19H2,1H3,(H,31,33). The first-order valence-corrected chi connectivity index (χ1v) is 13.1. The molecular weight excluding hydrogens is 510 g/mol. The first-order chi connectivity index (χ1) is 17.8. The van der Waals surface area contributed by atoms with Gasteiger partial charge >= 0.3 is 0 Å². The third-order valence-electron chi connectivity index (χ3n) is 5.31. The van der Waals surface area contributed by atoms with Gasteiger partial charge in [0.05, 0.1) is 11.1 Å². The zero-order chi connectivity index (χ0) is 26.3. The Morgan fingerprint density at radius 2 is 1.54 bits per heavy atom. The van der Waals surface area contributed by atoms with Gasteiger partial charge in [0.1, 0.15) is 12.4 Å². The van der Waals surface area contributed by atoms with Crippen LogP contribution in [0.1, 0.15) is 27.0 Å². The Bertz CT molecular complexity index is 1490. The zero-order valence-electron chi connectivity index (χ0n) is 19.9. The maximum atomic E-state index is 12.5. The quantitative estimate of drug-likeness (QED) is 0.210. The number of rotatable bonds is 9. The van der Waals surface area contributed by atoms with E-state index in [2.05, 4.69) is 15.2 Å². The van der Waals surface area contributed by atoms with E-state index in [1.165, 1.54) is 60.3 Å². The number of hydrogen-bond donors (Lipinski definition) is 2. The second kappa shape index (κ2) is 11.7. The van der Waals surface area contributed by atoms with Gasteiger partial charge in [-0.1, -0.05) is 41.4 Å². The average Bonchev–Trinajstić information content (AvgIpc) is 2.89. The molecule has 0 bridgehead atoms. The van der Waals surface area contributed by atoms with Crippen molar-refractivity contribution in [3.8, 4) is 5.75 Å². The molecule has 2 N–H and O–H groups in total. The van der Waals surface area contributed by atoms with Crippen LogP contribution in [0.15, 0.2) is 107 Å². The Balaban J connectivity index is 1.28. The van der Waals surface area contributed by atoms with E-state index in [0.717, 1.165) is 16.9 Å². The zero-order valence-corrected chi connectivity index (χ0v) is 21.5. The van der Waals surface area contributed by atoms with Crippen molar-refractivity contribution in [1.29, 1.82) is 0 Å². The molecule has 0 unspecified atom stereocenters. The number of aryl methyl sites for hydroxylation is 1. The fraction of sp³-hybridized carbons (Fsp3) is 0.0714. The van der Waals surface area contributed by atoms with Gasteiger partial charge in [0.15, 0.2) is 0 Å². The monoisotopic (exact) mass is 533 g/mol. The summed E-state index contributed by atoms with van der Waals surface area (Å²) < 4.78 is 33.2. The van der Waals surface area contributed by atoms with E-state index in [-0.39, 0.29) is 4.90 Å². The van der Waals surface area contributed by atoms with E-state index in [1.807, 2.05) is 55.5 Å². The molecule has 188 valence electrons. The molecule has 0 saturated carbocycles. The van der Waals surface area contributed by atoms with Crippen LogP contribution < -0.4 is 14.9 Å². The van der Waals surface area contributed by atoms with Gasteiger partial charge in [-0.2, -0.15) is 5.10 Å². The molecule has 4 aromatic rings. The first-order valence-electron chi connectivity index (χ1n) is 11.3. The minimum absolute atomic E-state index is 0.0823. The van der Waals surface area contributed by atoms with E-state index in [4.69, 9.17) is 16.3 Å². The van der Waals surface area contributed by atoms with Crippen LogP contribution in [0, 0.1) is 6.92 Å². The predicted molar refractivity (Wildman–Crippen MR) is 146 cm³/mol. The number of ether oxygens (including phenoxy) is 1. The highest BCUT2D eigenvalue weighted by Crippen LogP contribution is 2.19. The van der Waals surface area contributed by atoms with E-state index < -0.39 is 15.9 Å². The molecule has 4 rings (SSSR count). The smallest absolute Gasteiger partial charge is 0.271 e. The number of nitrogens with one attached hydrogen (secondary N) is 2. The number of anilines is 1. The summed E-state index contributed by atoms with van der Waals surface area (Å²) in [6, 6.07) is 27.3. The topological polar surface area (TPSA) is 96.9 Å². The summed E-state index contributed by atoms with van der Waals surface area (Å²) in [5.41, 5.74) is 6.18. The van der Waals surface area contributed by atoms with E-state index >= 15 is 0 Å². The molecule has 37 heavy (non-hydrogen) atoms. The molecule has 9 heteroatoms. The van der Waals surface area contributed by atoms with Crippen molar-refractivity contribution in [2.75, 3.05) is 4.72 Å². The Labute approximate surface area is 220 Å². The van der Waals surface area contributed by atoms with E-state index in [1.54, 1.807) is 0 Å². The largest absolute Gasteiger partial charge is 0.489 e. The molecular formula is C28H24ClN3O4S. The third-order valence-corrected chi connectivity index (χ3v) is 6.96. The van der Waals surface area contributed by atoms with Crippen LogP contribution in [0.4, 0.5) is 5.69 Å². The first kappa shape index (κ1) is 25.9. The van der Waals surface area contributed by atoms with Gasteiger partial charge in [0, 0.05) is 16.3 Å². The number of halogens is 1. The fourth-order valence-corrected chi connectivity index (χ4v) is 4.43. The molecule has 4 aromatic carbocycles. The van der Waals surface area contributed by atoms with Crippen molar-refractivity contribution in [3.63, 3.8) is 0 Å². The molecule has 0 radical (unpaired) electrons. The number of sulfonamides is 1. The second-order valence-electron chi connectivity index (χ2n) is 8.18. The summed E-state index contributed by atoms with van der Waals surface area (Å²) in [5.74, 6) is 0.301. The number of carbonyl (C=O) groups is 1. The summed E-state index contributed by atoms with van der Waals surface area (Å²) >= 11 is 5.81. The van der Waals surface area contributed by atoms with Crippen molar-refractivity contribution in [3.05, 3.63) is 124 Å². The van der Waals surface area contributed by atoms with Crippen LogP contribution in [0.3, 0.4) is 0 Å². The van der Waals surface area contributed by atoms with Gasteiger partial charge in [-0.3, -0.25) is 9.52 Å². The van der Waals surface area contributed by atoms with Crippen molar-refractivity contribution in [2.45, 2.75) is 18.4 Å². The minimum Gasteiger partial charge on any atom is -0.489 e. The second-order valence-corrected chi connectivity index (χ2v) is 10.3. The number of nitrogens with zero attached hydrogens (tertiary/aromatic N) is 1. The molecule has 0 fully saturated rings. The molecule has 0 spiro atoms. The lowest BCUT2D eigenvalue weighted by Crippen LogP contribution is -2.18. The summed E-state index contributed by atoms with van der Waals surface area (Å²) in [6.07, 6.45) is 1.52. The molecule has 0 aromatic heterocycles. The lowest BCUT2D eigenvalue weighted by Gasteiger charge is -2.09. The third kappa shape index (κ3) is 7.42. The molecule has 0 aliphatic heterocycles. The molecule has 0 heterocycles. The molecule has 0 atom stereocenters. The van der Waals surface area contributed by atoms with Crippen molar-refractivity contribution in [1.82, 2.24) is 5.43 Å². The van der Waals surface area contributed by atoms with E-state index in [0.29, 0.717) is 22.9 Å². The number of benzene rings is 4. The Hall–Kier alpha value is -4.14. The fourth-order valence-electron chi connectivity index (χ4n) is 3.25. The SMILES string of the molecule is Cc1ccc(COc2ccc(C=NNC(=O)c3ccc(NS(=O)(=O)c4ccc(Cl)cc4)cc3)cc2)cc1. The minimum atomic E-state index is -3.77. The highest BCUT2D eigenvalue weighted by Gasteiger charge is 2.14. The Kier molecular flexibility index (Phi) is 8.22. The average molecular weight is 534 g/mol. The molecule has 0 aliphatic carbocycles. The molecule has 1 amide bonds. The maximum absolute atomic E-state index is 12.5.